The Hall–Kier alpha value is -3.89. The van der Waals surface area contributed by atoms with Crippen molar-refractivity contribution in [2.45, 2.75) is 26.4 Å². The molecule has 1 amide bonds. The minimum absolute atomic E-state index is 0.144. The third-order valence-electron chi connectivity index (χ3n) is 5.08. The molecular formula is C22H24F3N7O. The van der Waals surface area contributed by atoms with Crippen LogP contribution in [0.1, 0.15) is 34.0 Å². The maximum absolute atomic E-state index is 12.4. The van der Waals surface area contributed by atoms with E-state index in [0.29, 0.717) is 40.6 Å². The van der Waals surface area contributed by atoms with Crippen molar-refractivity contribution in [1.82, 2.24) is 20.1 Å². The lowest BCUT2D eigenvalue weighted by atomic mass is 10.0. The van der Waals surface area contributed by atoms with Crippen molar-refractivity contribution < 1.29 is 18.0 Å². The maximum atomic E-state index is 12.4. The summed E-state index contributed by atoms with van der Waals surface area (Å²) in [6.07, 6.45) is -2.61. The molecule has 8 nitrogen and oxygen atoms in total. The Balaban J connectivity index is 1.86. The van der Waals surface area contributed by atoms with E-state index in [-0.39, 0.29) is 5.56 Å². The molecule has 0 saturated carbocycles. The second kappa shape index (κ2) is 9.31. The zero-order chi connectivity index (χ0) is 24.3. The number of carbonyl (C=O) groups is 1. The summed E-state index contributed by atoms with van der Waals surface area (Å²) in [5, 5.41) is 17.1. The van der Waals surface area contributed by atoms with Crippen LogP contribution in [0.3, 0.4) is 0 Å². The number of carbonyl (C=O) groups excluding carboxylic acids is 1. The van der Waals surface area contributed by atoms with Crippen LogP contribution >= 0.6 is 0 Å². The molecule has 0 radical (unpaired) electrons. The van der Waals surface area contributed by atoms with Gasteiger partial charge in [0.25, 0.3) is 5.91 Å². The van der Waals surface area contributed by atoms with E-state index in [1.165, 1.54) is 12.3 Å². The molecule has 2 aromatic carbocycles. The number of hydrogen-bond acceptors (Lipinski definition) is 6. The van der Waals surface area contributed by atoms with E-state index < -0.39 is 18.6 Å². The number of rotatable bonds is 7. The van der Waals surface area contributed by atoms with Crippen LogP contribution in [-0.2, 0) is 13.5 Å². The van der Waals surface area contributed by atoms with Gasteiger partial charge >= 0.3 is 6.18 Å². The summed E-state index contributed by atoms with van der Waals surface area (Å²) in [6, 6.07) is 8.21. The summed E-state index contributed by atoms with van der Waals surface area (Å²) in [5.74, 6) is 0.0290. The minimum atomic E-state index is -4.48. The molecular weight excluding hydrogens is 435 g/mol. The van der Waals surface area contributed by atoms with Crippen molar-refractivity contribution in [2.75, 3.05) is 17.6 Å². The molecule has 11 heteroatoms. The number of nitrogen functional groups attached to an aromatic ring is 1. The Kier molecular flexibility index (Phi) is 6.70. The van der Waals surface area contributed by atoms with Gasteiger partial charge < -0.3 is 21.8 Å². The number of anilines is 3. The lowest BCUT2D eigenvalue weighted by molar-refractivity contribution is -0.123. The monoisotopic (exact) mass is 459 g/mol. The summed E-state index contributed by atoms with van der Waals surface area (Å²) in [7, 11) is 1.71. The highest BCUT2D eigenvalue weighted by molar-refractivity contribution is 5.96. The standard InChI is InChI=1S/C22H24F3N7O/c1-4-14-16(10-26)17(27)7-8-18(14)29-21-30-19(31-32(21)3)13-5-6-15(12(2)9-13)20(33)28-11-22(23,24)25/h5-10,26H,4,11,27H2,1-3H3,(H,28,33)(H,29,30,31). The van der Waals surface area contributed by atoms with Crippen LogP contribution in [0.2, 0.25) is 0 Å². The number of nitrogens with two attached hydrogens (primary N) is 1. The number of nitrogens with one attached hydrogen (secondary N) is 3. The zero-order valence-corrected chi connectivity index (χ0v) is 18.3. The van der Waals surface area contributed by atoms with Crippen molar-refractivity contribution >= 4 is 29.4 Å². The highest BCUT2D eigenvalue weighted by Gasteiger charge is 2.28. The van der Waals surface area contributed by atoms with E-state index in [1.54, 1.807) is 36.9 Å². The van der Waals surface area contributed by atoms with E-state index in [0.717, 1.165) is 11.3 Å². The van der Waals surface area contributed by atoms with Crippen molar-refractivity contribution in [3.63, 3.8) is 0 Å². The van der Waals surface area contributed by atoms with Crippen LogP contribution in [0.5, 0.6) is 0 Å². The molecule has 0 aliphatic rings. The molecule has 0 unspecified atom stereocenters. The van der Waals surface area contributed by atoms with Gasteiger partial charge in [-0.2, -0.15) is 18.2 Å². The first-order valence-corrected chi connectivity index (χ1v) is 10.1. The SMILES string of the molecule is CCc1c(Nc2nc(-c3ccc(C(=O)NCC(F)(F)F)c(C)c3)nn2C)ccc(N)c1C=N. The van der Waals surface area contributed by atoms with Crippen molar-refractivity contribution in [3.05, 3.63) is 52.6 Å². The average Bonchev–Trinajstić information content (AvgIpc) is 3.12. The normalized spacial score (nSPS) is 11.3. The molecule has 174 valence electrons. The topological polar surface area (TPSA) is 122 Å². The van der Waals surface area contributed by atoms with E-state index in [4.69, 9.17) is 11.1 Å². The Morgan fingerprint density at radius 2 is 2.00 bits per heavy atom. The first-order chi connectivity index (χ1) is 15.5. The van der Waals surface area contributed by atoms with E-state index in [9.17, 15) is 18.0 Å². The highest BCUT2D eigenvalue weighted by Crippen LogP contribution is 2.28. The van der Waals surface area contributed by atoms with E-state index >= 15 is 0 Å². The fourth-order valence-corrected chi connectivity index (χ4v) is 3.42. The number of aromatic nitrogens is 3. The smallest absolute Gasteiger partial charge is 0.398 e. The van der Waals surface area contributed by atoms with Crippen LogP contribution in [0.4, 0.5) is 30.5 Å². The van der Waals surface area contributed by atoms with Crippen LogP contribution < -0.4 is 16.4 Å². The number of hydrogen-bond donors (Lipinski definition) is 4. The number of benzene rings is 2. The van der Waals surface area contributed by atoms with Gasteiger partial charge in [-0.05, 0) is 48.7 Å². The predicted octanol–water partition coefficient (Wildman–Crippen LogP) is 3.97. The van der Waals surface area contributed by atoms with Gasteiger partial charge in [0, 0.05) is 41.3 Å². The lowest BCUT2D eigenvalue weighted by Gasteiger charge is -2.14. The van der Waals surface area contributed by atoms with E-state index in [2.05, 4.69) is 15.4 Å². The Morgan fingerprint density at radius 1 is 1.27 bits per heavy atom. The highest BCUT2D eigenvalue weighted by atomic mass is 19.4. The zero-order valence-electron chi connectivity index (χ0n) is 18.3. The summed E-state index contributed by atoms with van der Waals surface area (Å²) in [6.45, 7) is 2.20. The van der Waals surface area contributed by atoms with Crippen LogP contribution in [0.15, 0.2) is 30.3 Å². The number of nitrogens with zero attached hydrogens (tertiary/aromatic N) is 3. The van der Waals surface area contributed by atoms with Gasteiger partial charge in [0.05, 0.1) is 0 Å². The fraction of sp³-hybridized carbons (Fsp3) is 0.273. The third-order valence-corrected chi connectivity index (χ3v) is 5.08. The quantitative estimate of drug-likeness (QED) is 0.315. The van der Waals surface area contributed by atoms with Gasteiger partial charge in [-0.3, -0.25) is 4.79 Å². The number of halogens is 3. The number of alkyl halides is 3. The molecule has 0 spiro atoms. The van der Waals surface area contributed by atoms with Crippen molar-refractivity contribution in [2.24, 2.45) is 7.05 Å². The molecule has 33 heavy (non-hydrogen) atoms. The van der Waals surface area contributed by atoms with Gasteiger partial charge in [-0.25, -0.2) is 4.68 Å². The molecule has 3 rings (SSSR count). The number of aryl methyl sites for hydroxylation is 2. The number of amides is 1. The van der Waals surface area contributed by atoms with Crippen LogP contribution in [0, 0.1) is 12.3 Å². The van der Waals surface area contributed by atoms with Gasteiger partial charge in [0.1, 0.15) is 6.54 Å². The van der Waals surface area contributed by atoms with Crippen LogP contribution in [-0.4, -0.2) is 39.6 Å². The molecule has 0 aliphatic heterocycles. The molecule has 1 aromatic heterocycles. The van der Waals surface area contributed by atoms with Crippen LogP contribution in [0.25, 0.3) is 11.4 Å². The van der Waals surface area contributed by atoms with Gasteiger partial charge in [0.15, 0.2) is 5.82 Å². The Labute approximate surface area is 188 Å². The average molecular weight is 459 g/mol. The molecule has 0 bridgehead atoms. The molecule has 5 N–H and O–H groups in total. The summed E-state index contributed by atoms with van der Waals surface area (Å²) >= 11 is 0. The van der Waals surface area contributed by atoms with Gasteiger partial charge in [-0.15, -0.1) is 5.10 Å². The first kappa shape index (κ1) is 23.8. The van der Waals surface area contributed by atoms with Gasteiger partial charge in [0.2, 0.25) is 5.95 Å². The first-order valence-electron chi connectivity index (χ1n) is 10.1. The second-order valence-electron chi connectivity index (χ2n) is 7.43. The summed E-state index contributed by atoms with van der Waals surface area (Å²) < 4.78 is 38.7. The molecule has 0 atom stereocenters. The molecule has 3 aromatic rings. The maximum Gasteiger partial charge on any atom is 0.405 e. The predicted molar refractivity (Wildman–Crippen MR) is 121 cm³/mol. The van der Waals surface area contributed by atoms with Crippen molar-refractivity contribution in [1.29, 1.82) is 5.41 Å². The molecule has 1 heterocycles. The lowest BCUT2D eigenvalue weighted by Crippen LogP contribution is -2.34. The fourth-order valence-electron chi connectivity index (χ4n) is 3.42. The van der Waals surface area contributed by atoms with Crippen molar-refractivity contribution in [3.8, 4) is 11.4 Å². The Bertz CT molecular complexity index is 1200. The Morgan fingerprint density at radius 3 is 2.61 bits per heavy atom. The third kappa shape index (κ3) is 5.30. The molecule has 0 aliphatic carbocycles. The van der Waals surface area contributed by atoms with E-state index in [1.807, 2.05) is 18.3 Å². The summed E-state index contributed by atoms with van der Waals surface area (Å²) in [4.78, 5) is 16.6. The summed E-state index contributed by atoms with van der Waals surface area (Å²) in [5.41, 5.74) is 10.00. The van der Waals surface area contributed by atoms with Gasteiger partial charge in [-0.1, -0.05) is 13.0 Å². The second-order valence-corrected chi connectivity index (χ2v) is 7.43. The molecule has 0 fully saturated rings. The minimum Gasteiger partial charge on any atom is -0.398 e. The molecule has 0 saturated heterocycles. The largest absolute Gasteiger partial charge is 0.405 e.